The molecule has 3 rings (SSSR count). The number of benzene rings is 2. The summed E-state index contributed by atoms with van der Waals surface area (Å²) in [5, 5.41) is 8.84. The molecule has 2 N–H and O–H groups in total. The van der Waals surface area contributed by atoms with E-state index >= 15 is 0 Å². The first-order chi connectivity index (χ1) is 14.1. The number of rotatable bonds is 7. The summed E-state index contributed by atoms with van der Waals surface area (Å²) >= 11 is 11.5. The minimum atomic E-state index is 0.477. The molecule has 0 bridgehead atoms. The van der Waals surface area contributed by atoms with Crippen LogP contribution in [0.1, 0.15) is 36.2 Å². The molecule has 2 aromatic carbocycles. The second-order valence-corrected chi connectivity index (χ2v) is 7.52. The van der Waals surface area contributed by atoms with E-state index in [0.29, 0.717) is 5.11 Å². The zero-order chi connectivity index (χ0) is 20.6. The molecule has 150 valence electrons. The monoisotopic (exact) mass is 424 g/mol. The fraction of sp³-hybridized carbons (Fsp3) is 0.217. The normalized spacial score (nSPS) is 11.0. The Morgan fingerprint density at radius 1 is 1.07 bits per heavy atom. The summed E-state index contributed by atoms with van der Waals surface area (Å²) in [6, 6.07) is 18.2. The first-order valence-electron chi connectivity index (χ1n) is 9.71. The highest BCUT2D eigenvalue weighted by atomic mass is 35.5. The molecular formula is C23H25ClN4S. The number of para-hydroxylation sites is 1. The zero-order valence-corrected chi connectivity index (χ0v) is 18.2. The zero-order valence-electron chi connectivity index (χ0n) is 16.7. The van der Waals surface area contributed by atoms with E-state index in [-0.39, 0.29) is 0 Å². The second kappa shape index (κ2) is 10.2. The molecule has 0 aliphatic rings. The average molecular weight is 425 g/mol. The summed E-state index contributed by atoms with van der Waals surface area (Å²) in [5.41, 5.74) is 8.60. The Bertz CT molecular complexity index is 987. The summed E-state index contributed by atoms with van der Waals surface area (Å²) in [4.78, 5) is 0. The van der Waals surface area contributed by atoms with Gasteiger partial charge in [-0.1, -0.05) is 55.8 Å². The topological polar surface area (TPSA) is 41.4 Å². The van der Waals surface area contributed by atoms with Gasteiger partial charge in [0.15, 0.2) is 5.11 Å². The van der Waals surface area contributed by atoms with E-state index in [0.717, 1.165) is 41.4 Å². The van der Waals surface area contributed by atoms with Crippen LogP contribution in [0.25, 0.3) is 0 Å². The van der Waals surface area contributed by atoms with Crippen LogP contribution in [0.15, 0.2) is 65.9 Å². The smallest absolute Gasteiger partial charge is 0.191 e. The fourth-order valence-corrected chi connectivity index (χ4v) is 3.59. The average Bonchev–Trinajstić information content (AvgIpc) is 3.15. The molecule has 0 radical (unpaired) electrons. The van der Waals surface area contributed by atoms with E-state index in [1.165, 1.54) is 11.1 Å². The summed E-state index contributed by atoms with van der Waals surface area (Å²) in [6.45, 7) is 5.01. The van der Waals surface area contributed by atoms with Crippen LogP contribution in [0.2, 0.25) is 5.02 Å². The van der Waals surface area contributed by atoms with Gasteiger partial charge < -0.3 is 9.88 Å². The molecule has 3 aromatic rings. The highest BCUT2D eigenvalue weighted by Crippen LogP contribution is 2.22. The summed E-state index contributed by atoms with van der Waals surface area (Å²) in [6.07, 6.45) is 5.67. The number of aryl methyl sites for hydroxylation is 2. The van der Waals surface area contributed by atoms with Gasteiger partial charge in [0.25, 0.3) is 0 Å². The molecule has 1 heterocycles. The van der Waals surface area contributed by atoms with Crippen molar-refractivity contribution in [2.24, 2.45) is 5.10 Å². The van der Waals surface area contributed by atoms with Gasteiger partial charge in [-0.2, -0.15) is 5.10 Å². The maximum absolute atomic E-state index is 6.09. The van der Waals surface area contributed by atoms with E-state index < -0.39 is 0 Å². The molecule has 1 aromatic heterocycles. The predicted molar refractivity (Wildman–Crippen MR) is 127 cm³/mol. The van der Waals surface area contributed by atoms with E-state index in [9.17, 15) is 0 Å². The van der Waals surface area contributed by atoms with E-state index in [2.05, 4.69) is 58.5 Å². The van der Waals surface area contributed by atoms with Crippen molar-refractivity contribution in [3.8, 4) is 0 Å². The third-order valence-electron chi connectivity index (χ3n) is 4.71. The summed E-state index contributed by atoms with van der Waals surface area (Å²) < 4.78 is 2.11. The molecule has 0 aliphatic carbocycles. The van der Waals surface area contributed by atoms with Crippen molar-refractivity contribution in [2.45, 2.75) is 33.2 Å². The van der Waals surface area contributed by atoms with Gasteiger partial charge in [-0.05, 0) is 66.0 Å². The molecule has 0 unspecified atom stereocenters. The number of halogens is 1. The number of thiocarbonyl (C=S) groups is 1. The highest BCUT2D eigenvalue weighted by molar-refractivity contribution is 7.80. The Hall–Kier alpha value is -2.63. The third kappa shape index (κ3) is 5.68. The number of hydrazone groups is 1. The first kappa shape index (κ1) is 21.1. The number of nitrogens with one attached hydrogen (secondary N) is 2. The van der Waals surface area contributed by atoms with Crippen LogP contribution in [0.3, 0.4) is 0 Å². The largest absolute Gasteiger partial charge is 0.342 e. The van der Waals surface area contributed by atoms with E-state index in [1.54, 1.807) is 6.21 Å². The van der Waals surface area contributed by atoms with Crippen molar-refractivity contribution in [3.63, 3.8) is 0 Å². The van der Waals surface area contributed by atoms with Gasteiger partial charge in [0.2, 0.25) is 0 Å². The van der Waals surface area contributed by atoms with E-state index in [4.69, 9.17) is 23.8 Å². The highest BCUT2D eigenvalue weighted by Gasteiger charge is 2.07. The van der Waals surface area contributed by atoms with Crippen LogP contribution < -0.4 is 10.7 Å². The molecular weight excluding hydrogens is 400 g/mol. The summed E-state index contributed by atoms with van der Waals surface area (Å²) in [7, 11) is 0. The number of aromatic nitrogens is 1. The number of hydrogen-bond acceptors (Lipinski definition) is 2. The molecule has 0 atom stereocenters. The van der Waals surface area contributed by atoms with Gasteiger partial charge in [0.1, 0.15) is 0 Å². The minimum Gasteiger partial charge on any atom is -0.342 e. The molecule has 0 amide bonds. The lowest BCUT2D eigenvalue weighted by atomic mass is 10.0. The van der Waals surface area contributed by atoms with Crippen molar-refractivity contribution in [2.75, 3.05) is 5.32 Å². The molecule has 0 aliphatic heterocycles. The fourth-order valence-electron chi connectivity index (χ4n) is 3.22. The second-order valence-electron chi connectivity index (χ2n) is 6.67. The van der Waals surface area contributed by atoms with E-state index in [1.807, 2.05) is 36.5 Å². The lowest BCUT2D eigenvalue weighted by Crippen LogP contribution is -2.25. The standard InChI is InChI=1S/C23H25ClN4S/c1-3-18-9-6-10-19(4-2)22(18)26-23(29)27-25-15-21-12-7-13-28(21)16-17-8-5-11-20(24)14-17/h5-15H,3-4,16H2,1-2H3,(H2,26,27,29)/b25-15+. The number of anilines is 1. The third-order valence-corrected chi connectivity index (χ3v) is 5.14. The van der Waals surface area contributed by atoms with Crippen molar-refractivity contribution < 1.29 is 0 Å². The Balaban J connectivity index is 1.64. The lowest BCUT2D eigenvalue weighted by molar-refractivity contribution is 0.799. The van der Waals surface area contributed by atoms with Crippen molar-refractivity contribution in [1.29, 1.82) is 0 Å². The molecule has 0 saturated carbocycles. The van der Waals surface area contributed by atoms with Crippen LogP contribution in [0.4, 0.5) is 5.69 Å². The van der Waals surface area contributed by atoms with Crippen molar-refractivity contribution in [3.05, 3.63) is 88.2 Å². The van der Waals surface area contributed by atoms with Crippen LogP contribution >= 0.6 is 23.8 Å². The minimum absolute atomic E-state index is 0.477. The van der Waals surface area contributed by atoms with Gasteiger partial charge in [-0.25, -0.2) is 0 Å². The van der Waals surface area contributed by atoms with Crippen LogP contribution in [0.5, 0.6) is 0 Å². The van der Waals surface area contributed by atoms with Gasteiger partial charge in [-0.3, -0.25) is 5.43 Å². The van der Waals surface area contributed by atoms with Crippen LogP contribution in [-0.2, 0) is 19.4 Å². The Morgan fingerprint density at radius 2 is 1.79 bits per heavy atom. The van der Waals surface area contributed by atoms with Gasteiger partial charge >= 0.3 is 0 Å². The Labute approximate surface area is 182 Å². The predicted octanol–water partition coefficient (Wildman–Crippen LogP) is 5.64. The lowest BCUT2D eigenvalue weighted by Gasteiger charge is -2.15. The summed E-state index contributed by atoms with van der Waals surface area (Å²) in [5.74, 6) is 0. The molecule has 0 saturated heterocycles. The first-order valence-corrected chi connectivity index (χ1v) is 10.5. The van der Waals surface area contributed by atoms with Gasteiger partial charge in [0.05, 0.1) is 11.9 Å². The Kier molecular flexibility index (Phi) is 7.44. The van der Waals surface area contributed by atoms with Gasteiger partial charge in [0, 0.05) is 23.5 Å². The number of nitrogens with zero attached hydrogens (tertiary/aromatic N) is 2. The molecule has 0 spiro atoms. The maximum atomic E-state index is 6.09. The maximum Gasteiger partial charge on any atom is 0.191 e. The number of hydrogen-bond donors (Lipinski definition) is 2. The molecule has 4 nitrogen and oxygen atoms in total. The van der Waals surface area contributed by atoms with Crippen LogP contribution in [-0.4, -0.2) is 15.9 Å². The molecule has 0 fully saturated rings. The van der Waals surface area contributed by atoms with Crippen LogP contribution in [0, 0.1) is 0 Å². The van der Waals surface area contributed by atoms with Crippen molar-refractivity contribution in [1.82, 2.24) is 9.99 Å². The SMILES string of the molecule is CCc1cccc(CC)c1NC(=S)N/N=C/c1cccn1Cc1cccc(Cl)c1. The molecule has 29 heavy (non-hydrogen) atoms. The van der Waals surface area contributed by atoms with Crippen molar-refractivity contribution >= 4 is 40.8 Å². The Morgan fingerprint density at radius 3 is 2.48 bits per heavy atom. The van der Waals surface area contributed by atoms with Gasteiger partial charge in [-0.15, -0.1) is 0 Å². The molecule has 6 heteroatoms. The quantitative estimate of drug-likeness (QED) is 0.293.